The van der Waals surface area contributed by atoms with E-state index in [-0.39, 0.29) is 43.5 Å². The van der Waals surface area contributed by atoms with Crippen LogP contribution in [0.2, 0.25) is 0 Å². The van der Waals surface area contributed by atoms with Crippen LogP contribution in [0.1, 0.15) is 32.2 Å². The Morgan fingerprint density at radius 3 is 2.56 bits per heavy atom. The van der Waals surface area contributed by atoms with Gasteiger partial charge in [0, 0.05) is 40.0 Å². The fraction of sp³-hybridized carbons (Fsp3) is 0.632. The van der Waals surface area contributed by atoms with Crippen LogP contribution in [0.15, 0.2) is 15.9 Å². The average molecular weight is 451 g/mol. The van der Waals surface area contributed by atoms with Crippen molar-refractivity contribution in [3.8, 4) is 0 Å². The van der Waals surface area contributed by atoms with Crippen LogP contribution in [0, 0.1) is 0 Å². The zero-order chi connectivity index (χ0) is 24.0. The standard InChI is InChI=1S/C19H29N7O6/c1-19(32)6-10(27)7-25(16(29)11(20)4-5-13(21)28)8-12(19)26-9-22-15-14(26)17(30)24(3)18(31)23(15)2/h9-12,27,32H,4-8,20H2,1-3H3,(H2,21,28)/t10-,11+,12+,19+/m1/s1. The molecular weight excluding hydrogens is 422 g/mol. The first-order valence-electron chi connectivity index (χ1n) is 10.2. The lowest BCUT2D eigenvalue weighted by Crippen LogP contribution is -2.48. The van der Waals surface area contributed by atoms with E-state index in [9.17, 15) is 29.4 Å². The number of carbonyl (C=O) groups is 2. The molecule has 1 fully saturated rings. The Morgan fingerprint density at radius 1 is 1.28 bits per heavy atom. The van der Waals surface area contributed by atoms with Gasteiger partial charge in [-0.05, 0) is 13.3 Å². The zero-order valence-electron chi connectivity index (χ0n) is 18.3. The summed E-state index contributed by atoms with van der Waals surface area (Å²) < 4.78 is 3.59. The van der Waals surface area contributed by atoms with E-state index >= 15 is 0 Å². The van der Waals surface area contributed by atoms with Gasteiger partial charge < -0.3 is 31.1 Å². The third kappa shape index (κ3) is 4.18. The molecule has 3 heterocycles. The number of likely N-dealkylation sites (tertiary alicyclic amines) is 1. The number of nitrogens with zero attached hydrogens (tertiary/aromatic N) is 5. The lowest BCUT2D eigenvalue weighted by atomic mass is 9.91. The van der Waals surface area contributed by atoms with Crippen molar-refractivity contribution in [3.63, 3.8) is 0 Å². The van der Waals surface area contributed by atoms with Crippen molar-refractivity contribution < 1.29 is 19.8 Å². The molecule has 2 aromatic rings. The van der Waals surface area contributed by atoms with Gasteiger partial charge in [0.2, 0.25) is 11.8 Å². The van der Waals surface area contributed by atoms with Crippen molar-refractivity contribution in [2.45, 2.75) is 50.0 Å². The number of aryl methyl sites for hydroxylation is 1. The highest BCUT2D eigenvalue weighted by molar-refractivity contribution is 5.83. The quantitative estimate of drug-likeness (QED) is 0.367. The number of aliphatic hydroxyl groups is 2. The first-order valence-corrected chi connectivity index (χ1v) is 10.2. The number of fused-ring (bicyclic) bond motifs is 1. The molecule has 1 aliphatic heterocycles. The first-order chi connectivity index (χ1) is 14.8. The molecule has 0 bridgehead atoms. The molecule has 2 aromatic heterocycles. The number of primary amides is 1. The largest absolute Gasteiger partial charge is 0.391 e. The average Bonchev–Trinajstić information content (AvgIpc) is 3.10. The number of hydrogen-bond acceptors (Lipinski definition) is 8. The van der Waals surface area contributed by atoms with E-state index in [0.29, 0.717) is 0 Å². The fourth-order valence-electron chi connectivity index (χ4n) is 4.24. The summed E-state index contributed by atoms with van der Waals surface area (Å²) in [5.74, 6) is -1.10. The van der Waals surface area contributed by atoms with Crippen LogP contribution in [0.5, 0.6) is 0 Å². The molecule has 0 saturated carbocycles. The monoisotopic (exact) mass is 451 g/mol. The Morgan fingerprint density at radius 2 is 1.94 bits per heavy atom. The van der Waals surface area contributed by atoms with Gasteiger partial charge >= 0.3 is 5.69 Å². The summed E-state index contributed by atoms with van der Waals surface area (Å²) in [5.41, 5.74) is 8.62. The van der Waals surface area contributed by atoms with Gasteiger partial charge in [-0.2, -0.15) is 0 Å². The van der Waals surface area contributed by atoms with Gasteiger partial charge in [-0.3, -0.25) is 23.5 Å². The second-order valence-corrected chi connectivity index (χ2v) is 8.62. The Hall–Kier alpha value is -3.03. The number of carbonyl (C=O) groups excluding carboxylic acids is 2. The molecule has 0 unspecified atom stereocenters. The number of hydrogen-bond donors (Lipinski definition) is 4. The van der Waals surface area contributed by atoms with Crippen molar-refractivity contribution >= 4 is 23.0 Å². The summed E-state index contributed by atoms with van der Waals surface area (Å²) in [7, 11) is 2.81. The molecule has 2 amide bonds. The highest BCUT2D eigenvalue weighted by Crippen LogP contribution is 2.33. The Labute approximate surface area is 182 Å². The second kappa shape index (κ2) is 8.48. The summed E-state index contributed by atoms with van der Waals surface area (Å²) in [6.45, 7) is 1.34. The van der Waals surface area contributed by atoms with E-state index in [2.05, 4.69) is 4.98 Å². The molecule has 0 aliphatic carbocycles. The van der Waals surface area contributed by atoms with Crippen molar-refractivity contribution in [2.24, 2.45) is 25.6 Å². The van der Waals surface area contributed by atoms with E-state index in [1.165, 1.54) is 41.4 Å². The summed E-state index contributed by atoms with van der Waals surface area (Å²) in [4.78, 5) is 54.6. The zero-order valence-corrected chi connectivity index (χ0v) is 18.3. The van der Waals surface area contributed by atoms with Crippen LogP contribution in [0.25, 0.3) is 11.2 Å². The van der Waals surface area contributed by atoms with Gasteiger partial charge in [0.1, 0.15) is 0 Å². The van der Waals surface area contributed by atoms with Crippen molar-refractivity contribution in [3.05, 3.63) is 27.2 Å². The number of aromatic nitrogens is 4. The maximum absolute atomic E-state index is 12.9. The predicted molar refractivity (Wildman–Crippen MR) is 113 cm³/mol. The number of rotatable bonds is 5. The van der Waals surface area contributed by atoms with E-state index in [4.69, 9.17) is 11.5 Å². The number of imidazole rings is 1. The van der Waals surface area contributed by atoms with E-state index in [1.807, 2.05) is 0 Å². The third-order valence-electron chi connectivity index (χ3n) is 6.03. The molecule has 1 aliphatic rings. The third-order valence-corrected chi connectivity index (χ3v) is 6.03. The molecule has 0 radical (unpaired) electrons. The number of amides is 2. The number of β-amino-alcohol motifs (C(OH)–C–C–N with tert-alkyl or cyclic N) is 1. The van der Waals surface area contributed by atoms with Crippen LogP contribution in [0.3, 0.4) is 0 Å². The van der Waals surface area contributed by atoms with Gasteiger partial charge in [-0.1, -0.05) is 0 Å². The maximum Gasteiger partial charge on any atom is 0.332 e. The minimum absolute atomic E-state index is 0.0402. The Kier molecular flexibility index (Phi) is 6.26. The van der Waals surface area contributed by atoms with E-state index in [1.54, 1.807) is 0 Å². The van der Waals surface area contributed by atoms with Crippen molar-refractivity contribution in [1.82, 2.24) is 23.6 Å². The summed E-state index contributed by atoms with van der Waals surface area (Å²) >= 11 is 0. The topological polar surface area (TPSA) is 192 Å². The highest BCUT2D eigenvalue weighted by atomic mass is 16.3. The Bertz CT molecular complexity index is 1160. The van der Waals surface area contributed by atoms with E-state index < -0.39 is 46.9 Å². The smallest absolute Gasteiger partial charge is 0.332 e. The van der Waals surface area contributed by atoms with Crippen LogP contribution >= 0.6 is 0 Å². The molecule has 1 saturated heterocycles. The summed E-state index contributed by atoms with van der Waals surface area (Å²) in [5, 5.41) is 21.6. The van der Waals surface area contributed by atoms with Crippen molar-refractivity contribution in [2.75, 3.05) is 13.1 Å². The van der Waals surface area contributed by atoms with Gasteiger partial charge in [0.05, 0.1) is 30.1 Å². The molecule has 6 N–H and O–H groups in total. The Balaban J connectivity index is 2.06. The minimum atomic E-state index is -1.53. The second-order valence-electron chi connectivity index (χ2n) is 8.62. The summed E-state index contributed by atoms with van der Waals surface area (Å²) in [6.07, 6.45) is 0.172. The lowest BCUT2D eigenvalue weighted by molar-refractivity contribution is -0.134. The molecule has 13 nitrogen and oxygen atoms in total. The minimum Gasteiger partial charge on any atom is -0.391 e. The molecule has 0 spiro atoms. The molecule has 176 valence electrons. The van der Waals surface area contributed by atoms with Crippen molar-refractivity contribution in [1.29, 1.82) is 0 Å². The van der Waals surface area contributed by atoms with Gasteiger partial charge in [-0.15, -0.1) is 0 Å². The molecule has 3 rings (SSSR count). The van der Waals surface area contributed by atoms with Crippen LogP contribution in [-0.4, -0.2) is 76.4 Å². The van der Waals surface area contributed by atoms with Gasteiger partial charge in [-0.25, -0.2) is 9.78 Å². The lowest BCUT2D eigenvalue weighted by Gasteiger charge is -2.34. The number of aliphatic hydroxyl groups excluding tert-OH is 1. The normalized spacial score (nSPS) is 25.0. The molecular formula is C19H29N7O6. The highest BCUT2D eigenvalue weighted by Gasteiger charge is 2.42. The van der Waals surface area contributed by atoms with Crippen LogP contribution in [-0.2, 0) is 23.7 Å². The van der Waals surface area contributed by atoms with Gasteiger partial charge in [0.15, 0.2) is 11.2 Å². The SMILES string of the molecule is Cn1c(=O)c2c(ncn2[C@H]2CN(C(=O)[C@@H](N)CCC(N)=O)C[C@H](O)C[C@]2(C)O)n(C)c1=O. The predicted octanol–water partition coefficient (Wildman–Crippen LogP) is -3.09. The first kappa shape index (κ1) is 23.6. The number of nitrogens with two attached hydrogens (primary N) is 2. The molecule has 13 heteroatoms. The summed E-state index contributed by atoms with van der Waals surface area (Å²) in [6, 6.07) is -1.89. The molecule has 0 aromatic carbocycles. The fourth-order valence-corrected chi connectivity index (χ4v) is 4.24. The van der Waals surface area contributed by atoms with Crippen LogP contribution in [0.4, 0.5) is 0 Å². The maximum atomic E-state index is 12.9. The van der Waals surface area contributed by atoms with E-state index in [0.717, 1.165) is 4.57 Å². The van der Waals surface area contributed by atoms with Gasteiger partial charge in [0.25, 0.3) is 5.56 Å². The van der Waals surface area contributed by atoms with Crippen LogP contribution < -0.4 is 22.7 Å². The molecule has 4 atom stereocenters. The molecule has 32 heavy (non-hydrogen) atoms.